The van der Waals surface area contributed by atoms with E-state index in [9.17, 15) is 9.90 Å². The highest BCUT2D eigenvalue weighted by Gasteiger charge is 2.31. The second-order valence-corrected chi connectivity index (χ2v) is 12.3. The third kappa shape index (κ3) is 5.23. The molecule has 1 aromatic heterocycles. The Morgan fingerprint density at radius 1 is 1.21 bits per heavy atom. The summed E-state index contributed by atoms with van der Waals surface area (Å²) in [6.45, 7) is 5.91. The molecule has 154 valence electrons. The molecule has 1 heterocycles. The number of furan rings is 1. The predicted octanol–water partition coefficient (Wildman–Crippen LogP) is 5.00. The average molecular weight is 472 g/mol. The fourth-order valence-electron chi connectivity index (χ4n) is 2.55. The maximum atomic E-state index is 12.2. The molecule has 0 spiro atoms. The van der Waals surface area contributed by atoms with Crippen LogP contribution in [-0.2, 0) is 4.79 Å². The second-order valence-electron chi connectivity index (χ2n) is 7.03. The van der Waals surface area contributed by atoms with Gasteiger partial charge in [-0.1, -0.05) is 22.0 Å². The van der Waals surface area contributed by atoms with Crippen LogP contribution in [0.3, 0.4) is 0 Å². The molecular formula is C19H26BrNO6Si. The highest BCUT2D eigenvalue weighted by Crippen LogP contribution is 2.51. The molecule has 0 saturated carbocycles. The summed E-state index contributed by atoms with van der Waals surface area (Å²) in [5.41, 5.74) is 0.436. The number of amides is 1. The summed E-state index contributed by atoms with van der Waals surface area (Å²) in [5, 5.41) is 14.3. The molecule has 1 amide bonds. The number of hydrogen-bond acceptors (Lipinski definition) is 6. The third-order valence-electron chi connectivity index (χ3n) is 3.69. The lowest BCUT2D eigenvalue weighted by molar-refractivity contribution is -0.116. The molecule has 0 bridgehead atoms. The third-order valence-corrected chi connectivity index (χ3v) is 5.07. The minimum absolute atomic E-state index is 0.0717. The molecule has 2 rings (SSSR count). The Kier molecular flexibility index (Phi) is 7.42. The number of carbonyl (C=O) groups is 1. The van der Waals surface area contributed by atoms with Gasteiger partial charge in [-0.2, -0.15) is 0 Å². The van der Waals surface area contributed by atoms with Gasteiger partial charge in [-0.3, -0.25) is 10.1 Å². The Labute approximate surface area is 174 Å². The summed E-state index contributed by atoms with van der Waals surface area (Å²) in [6, 6.07) is 5.23. The molecule has 0 radical (unpaired) electrons. The van der Waals surface area contributed by atoms with Crippen LogP contribution in [0.2, 0.25) is 19.6 Å². The summed E-state index contributed by atoms with van der Waals surface area (Å²) in [6.07, 6.45) is 0.988. The van der Waals surface area contributed by atoms with Crippen LogP contribution in [0.15, 0.2) is 22.6 Å². The van der Waals surface area contributed by atoms with E-state index in [1.807, 2.05) is 19.6 Å². The van der Waals surface area contributed by atoms with E-state index in [0.717, 1.165) is 0 Å². The van der Waals surface area contributed by atoms with E-state index in [0.29, 0.717) is 35.2 Å². The Hall–Kier alpha value is -2.13. The largest absolute Gasteiger partial charge is 0.538 e. The van der Waals surface area contributed by atoms with Crippen molar-refractivity contribution in [1.82, 2.24) is 0 Å². The number of methoxy groups -OCH3 is 2. The molecule has 0 saturated heterocycles. The molecule has 0 unspecified atom stereocenters. The van der Waals surface area contributed by atoms with Gasteiger partial charge in [0.1, 0.15) is 17.1 Å². The molecule has 28 heavy (non-hydrogen) atoms. The van der Waals surface area contributed by atoms with Crippen molar-refractivity contribution in [2.75, 3.05) is 24.9 Å². The van der Waals surface area contributed by atoms with Gasteiger partial charge in [-0.25, -0.2) is 0 Å². The van der Waals surface area contributed by atoms with Crippen molar-refractivity contribution in [3.8, 4) is 34.3 Å². The van der Waals surface area contributed by atoms with Crippen molar-refractivity contribution in [1.29, 1.82) is 0 Å². The SMILES string of the molecule is COc1cccc(OC)c1-c1oc(NC(=O)CCCBr)c(O[Si](C)(C)C)c1O. The summed E-state index contributed by atoms with van der Waals surface area (Å²) in [4.78, 5) is 12.2. The molecule has 9 heteroatoms. The zero-order chi connectivity index (χ0) is 20.9. The van der Waals surface area contributed by atoms with Crippen molar-refractivity contribution in [2.24, 2.45) is 0 Å². The number of hydrogen-bond donors (Lipinski definition) is 2. The van der Waals surface area contributed by atoms with Gasteiger partial charge in [0.15, 0.2) is 5.76 Å². The van der Waals surface area contributed by atoms with Crippen LogP contribution in [0.4, 0.5) is 5.88 Å². The van der Waals surface area contributed by atoms with Gasteiger partial charge in [0.2, 0.25) is 31.6 Å². The first-order chi connectivity index (χ1) is 13.2. The lowest BCUT2D eigenvalue weighted by atomic mass is 10.1. The molecule has 0 aliphatic carbocycles. The van der Waals surface area contributed by atoms with E-state index >= 15 is 0 Å². The van der Waals surface area contributed by atoms with Crippen molar-refractivity contribution in [2.45, 2.75) is 32.5 Å². The quantitative estimate of drug-likeness (QED) is 0.395. The van der Waals surface area contributed by atoms with Crippen molar-refractivity contribution in [3.63, 3.8) is 0 Å². The number of anilines is 1. The monoisotopic (exact) mass is 471 g/mol. The molecule has 0 fully saturated rings. The van der Waals surface area contributed by atoms with Gasteiger partial charge in [-0.15, -0.1) is 0 Å². The summed E-state index contributed by atoms with van der Waals surface area (Å²) >= 11 is 3.31. The number of aromatic hydroxyl groups is 1. The minimum Gasteiger partial charge on any atom is -0.538 e. The van der Waals surface area contributed by atoms with Crippen LogP contribution in [0, 0.1) is 0 Å². The number of ether oxygens (including phenoxy) is 2. The van der Waals surface area contributed by atoms with Crippen LogP contribution < -0.4 is 19.2 Å². The maximum absolute atomic E-state index is 12.2. The highest BCUT2D eigenvalue weighted by atomic mass is 79.9. The van der Waals surface area contributed by atoms with Gasteiger partial charge in [0.25, 0.3) is 0 Å². The average Bonchev–Trinajstić information content (AvgIpc) is 2.93. The van der Waals surface area contributed by atoms with E-state index in [1.54, 1.807) is 18.2 Å². The Balaban J connectivity index is 2.58. The summed E-state index contributed by atoms with van der Waals surface area (Å²) in [5.74, 6) is 0.781. The normalized spacial score (nSPS) is 11.2. The zero-order valence-electron chi connectivity index (χ0n) is 16.7. The van der Waals surface area contributed by atoms with E-state index < -0.39 is 8.32 Å². The number of benzene rings is 1. The molecule has 0 aliphatic heterocycles. The van der Waals surface area contributed by atoms with Gasteiger partial charge < -0.3 is 23.4 Å². The molecule has 2 N–H and O–H groups in total. The number of halogens is 1. The smallest absolute Gasteiger partial charge is 0.245 e. The Bertz CT molecular complexity index is 808. The van der Waals surface area contributed by atoms with E-state index in [4.69, 9.17) is 18.3 Å². The molecule has 0 atom stereocenters. The second kappa shape index (κ2) is 9.38. The zero-order valence-corrected chi connectivity index (χ0v) is 19.3. The molecular weight excluding hydrogens is 446 g/mol. The van der Waals surface area contributed by atoms with Crippen LogP contribution >= 0.6 is 15.9 Å². The molecule has 2 aromatic rings. The van der Waals surface area contributed by atoms with E-state index in [-0.39, 0.29) is 29.1 Å². The number of rotatable bonds is 9. The summed E-state index contributed by atoms with van der Waals surface area (Å²) in [7, 11) is 0.919. The number of carbonyl (C=O) groups excluding carboxylic acids is 1. The lowest BCUT2D eigenvalue weighted by Crippen LogP contribution is -2.29. The van der Waals surface area contributed by atoms with Crippen molar-refractivity contribution in [3.05, 3.63) is 18.2 Å². The molecule has 0 aliphatic rings. The topological polar surface area (TPSA) is 90.2 Å². The van der Waals surface area contributed by atoms with E-state index in [2.05, 4.69) is 21.2 Å². The van der Waals surface area contributed by atoms with Crippen molar-refractivity contribution >= 4 is 36.0 Å². The first-order valence-electron chi connectivity index (χ1n) is 8.83. The van der Waals surface area contributed by atoms with Crippen LogP contribution in [0.25, 0.3) is 11.3 Å². The Morgan fingerprint density at radius 3 is 2.32 bits per heavy atom. The lowest BCUT2D eigenvalue weighted by Gasteiger charge is -2.19. The van der Waals surface area contributed by atoms with E-state index in [1.165, 1.54) is 14.2 Å². The van der Waals surface area contributed by atoms with Gasteiger partial charge in [0, 0.05) is 11.8 Å². The fraction of sp³-hybridized carbons (Fsp3) is 0.421. The number of nitrogens with one attached hydrogen (secondary N) is 1. The van der Waals surface area contributed by atoms with Crippen LogP contribution in [-0.4, -0.2) is 38.9 Å². The molecule has 1 aromatic carbocycles. The minimum atomic E-state index is -2.11. The van der Waals surface area contributed by atoms with Crippen LogP contribution in [0.5, 0.6) is 23.0 Å². The Morgan fingerprint density at radius 2 is 1.82 bits per heavy atom. The predicted molar refractivity (Wildman–Crippen MR) is 115 cm³/mol. The van der Waals surface area contributed by atoms with Gasteiger partial charge in [0.05, 0.1) is 14.2 Å². The summed E-state index contributed by atoms with van der Waals surface area (Å²) < 4.78 is 22.7. The van der Waals surface area contributed by atoms with Crippen LogP contribution in [0.1, 0.15) is 12.8 Å². The molecule has 7 nitrogen and oxygen atoms in total. The highest BCUT2D eigenvalue weighted by molar-refractivity contribution is 9.09. The van der Waals surface area contributed by atoms with Gasteiger partial charge in [-0.05, 0) is 38.2 Å². The first kappa shape index (κ1) is 22.2. The van der Waals surface area contributed by atoms with Crippen molar-refractivity contribution < 1.29 is 28.2 Å². The fourth-order valence-corrected chi connectivity index (χ4v) is 3.63. The maximum Gasteiger partial charge on any atom is 0.245 e. The van der Waals surface area contributed by atoms with Gasteiger partial charge >= 0.3 is 0 Å². The number of alkyl halides is 1. The first-order valence-corrected chi connectivity index (χ1v) is 13.4. The standard InChI is InChI=1S/C19H26BrNO6Si/c1-24-12-8-6-9-13(25-2)15(12)17-16(23)18(27-28(3,4)5)19(26-17)21-14(22)10-7-11-20/h6,8-9,23H,7,10-11H2,1-5H3,(H,21,22).